The molecule has 1 saturated carbocycles. The average Bonchev–Trinajstić information content (AvgIpc) is 3.36. The van der Waals surface area contributed by atoms with Crippen molar-refractivity contribution in [3.8, 4) is 5.75 Å². The monoisotopic (exact) mass is 368 g/mol. The van der Waals surface area contributed by atoms with E-state index >= 15 is 0 Å². The van der Waals surface area contributed by atoms with Crippen LogP contribution in [0.3, 0.4) is 0 Å². The number of ether oxygens (including phenoxy) is 1. The van der Waals surface area contributed by atoms with Crippen LogP contribution in [0.1, 0.15) is 24.5 Å². The van der Waals surface area contributed by atoms with Crippen LogP contribution >= 0.6 is 0 Å². The molecule has 2 aromatic rings. The summed E-state index contributed by atoms with van der Waals surface area (Å²) >= 11 is 0. The van der Waals surface area contributed by atoms with Gasteiger partial charge in [-0.25, -0.2) is 4.98 Å². The Hall–Kier alpha value is -3.04. The molecule has 3 N–H and O–H groups in total. The number of benzene rings is 1. The lowest BCUT2D eigenvalue weighted by molar-refractivity contribution is -0.274. The van der Waals surface area contributed by atoms with Crippen molar-refractivity contribution < 1.29 is 27.8 Å². The number of anilines is 3. The first-order valence-corrected chi connectivity index (χ1v) is 7.76. The van der Waals surface area contributed by atoms with Crippen molar-refractivity contribution in [2.24, 2.45) is 0 Å². The molecule has 1 aliphatic rings. The van der Waals surface area contributed by atoms with Gasteiger partial charge in [0.05, 0.1) is 5.69 Å². The van der Waals surface area contributed by atoms with E-state index in [-0.39, 0.29) is 24.2 Å². The highest BCUT2D eigenvalue weighted by molar-refractivity contribution is 5.72. The molecule has 0 spiro atoms. The van der Waals surface area contributed by atoms with E-state index in [4.69, 9.17) is 5.11 Å². The molecule has 138 valence electrons. The second kappa shape index (κ2) is 7.06. The van der Waals surface area contributed by atoms with Crippen molar-refractivity contribution >= 4 is 23.4 Å². The number of carboxylic acids is 1. The van der Waals surface area contributed by atoms with Gasteiger partial charge in [-0.1, -0.05) is 6.07 Å². The van der Waals surface area contributed by atoms with Crippen LogP contribution in [0.5, 0.6) is 5.75 Å². The maximum atomic E-state index is 12.3. The molecule has 0 bridgehead atoms. The third kappa shape index (κ3) is 5.23. The number of halogens is 3. The molecule has 0 amide bonds. The first-order chi connectivity index (χ1) is 12.3. The van der Waals surface area contributed by atoms with Crippen LogP contribution in [0.25, 0.3) is 0 Å². The summed E-state index contributed by atoms with van der Waals surface area (Å²) in [6.45, 7) is -0.345. The summed E-state index contributed by atoms with van der Waals surface area (Å²) in [5.41, 5.74) is 1.09. The van der Waals surface area contributed by atoms with E-state index in [2.05, 4.69) is 25.3 Å². The number of alkyl halides is 3. The quantitative estimate of drug-likeness (QED) is 0.688. The molecule has 10 heteroatoms. The second-order valence-corrected chi connectivity index (χ2v) is 5.72. The summed E-state index contributed by atoms with van der Waals surface area (Å²) in [6.07, 6.45) is -2.83. The van der Waals surface area contributed by atoms with Gasteiger partial charge in [-0.15, -0.1) is 13.2 Å². The van der Waals surface area contributed by atoms with Gasteiger partial charge in [-0.2, -0.15) is 4.98 Å². The summed E-state index contributed by atoms with van der Waals surface area (Å²) in [7, 11) is 0. The molecule has 0 aliphatic heterocycles. The highest BCUT2D eigenvalue weighted by Gasteiger charge is 2.31. The predicted molar refractivity (Wildman–Crippen MR) is 86.5 cm³/mol. The lowest BCUT2D eigenvalue weighted by atomic mass is 10.2. The number of hydrogen-bond donors (Lipinski definition) is 3. The van der Waals surface area contributed by atoms with Gasteiger partial charge >= 0.3 is 12.3 Å². The van der Waals surface area contributed by atoms with E-state index in [1.807, 2.05) is 0 Å². The molecule has 1 aliphatic carbocycles. The number of nitrogens with one attached hydrogen (secondary N) is 2. The SMILES string of the molecule is O=C(O)CNc1nc(Nc2cccc(OC(F)(F)F)c2)cc(C2CC2)n1. The van der Waals surface area contributed by atoms with E-state index in [0.29, 0.717) is 11.5 Å². The third-order valence-corrected chi connectivity index (χ3v) is 3.48. The lowest BCUT2D eigenvalue weighted by Gasteiger charge is -2.12. The van der Waals surface area contributed by atoms with E-state index in [1.165, 1.54) is 18.2 Å². The van der Waals surface area contributed by atoms with Gasteiger partial charge in [0.1, 0.15) is 18.1 Å². The topological polar surface area (TPSA) is 96.4 Å². The smallest absolute Gasteiger partial charge is 0.480 e. The molecule has 1 aromatic heterocycles. The normalized spacial score (nSPS) is 14.0. The highest BCUT2D eigenvalue weighted by Crippen LogP contribution is 2.40. The Bertz CT molecular complexity index is 810. The van der Waals surface area contributed by atoms with E-state index in [1.54, 1.807) is 12.1 Å². The molecular weight excluding hydrogens is 353 g/mol. The Kier molecular flexibility index (Phi) is 4.83. The Morgan fingerprint density at radius 2 is 2.04 bits per heavy atom. The fourth-order valence-corrected chi connectivity index (χ4v) is 2.27. The average molecular weight is 368 g/mol. The van der Waals surface area contributed by atoms with Crippen molar-refractivity contribution in [1.82, 2.24) is 9.97 Å². The van der Waals surface area contributed by atoms with Crippen LogP contribution in [0, 0.1) is 0 Å². The molecule has 7 nitrogen and oxygen atoms in total. The Morgan fingerprint density at radius 3 is 2.69 bits per heavy atom. The zero-order chi connectivity index (χ0) is 18.7. The maximum absolute atomic E-state index is 12.3. The number of rotatable bonds is 7. The summed E-state index contributed by atoms with van der Waals surface area (Å²) in [5, 5.41) is 14.2. The molecule has 0 atom stereocenters. The largest absolute Gasteiger partial charge is 0.573 e. The van der Waals surface area contributed by atoms with Gasteiger partial charge in [0.2, 0.25) is 5.95 Å². The van der Waals surface area contributed by atoms with Crippen LogP contribution in [-0.2, 0) is 4.79 Å². The Morgan fingerprint density at radius 1 is 1.27 bits per heavy atom. The number of aliphatic carboxylic acids is 1. The van der Waals surface area contributed by atoms with Gasteiger partial charge in [-0.05, 0) is 25.0 Å². The Balaban J connectivity index is 1.80. The predicted octanol–water partition coefficient (Wildman–Crippen LogP) is 3.49. The van der Waals surface area contributed by atoms with Gasteiger partial charge < -0.3 is 20.5 Å². The zero-order valence-corrected chi connectivity index (χ0v) is 13.4. The highest BCUT2D eigenvalue weighted by atomic mass is 19.4. The van der Waals surface area contributed by atoms with Gasteiger partial charge in [0, 0.05) is 23.7 Å². The molecule has 1 aromatic carbocycles. The van der Waals surface area contributed by atoms with Crippen LogP contribution in [0.2, 0.25) is 0 Å². The standard InChI is InChI=1S/C16H15F3N4O3/c17-16(18,19)26-11-3-1-2-10(6-11)21-13-7-12(9-4-5-9)22-15(23-13)20-8-14(24)25/h1-3,6-7,9H,4-5,8H2,(H,24,25)(H2,20,21,22,23). The summed E-state index contributed by atoms with van der Waals surface area (Å²) < 4.78 is 40.9. The molecule has 3 rings (SSSR count). The summed E-state index contributed by atoms with van der Waals surface area (Å²) in [6, 6.07) is 7.05. The van der Waals surface area contributed by atoms with Crippen LogP contribution in [0.15, 0.2) is 30.3 Å². The van der Waals surface area contributed by atoms with Crippen molar-refractivity contribution in [1.29, 1.82) is 0 Å². The number of nitrogens with zero attached hydrogens (tertiary/aromatic N) is 2. The van der Waals surface area contributed by atoms with E-state index in [9.17, 15) is 18.0 Å². The van der Waals surface area contributed by atoms with Crippen LogP contribution in [-0.4, -0.2) is 34.0 Å². The molecule has 1 fully saturated rings. The number of aromatic nitrogens is 2. The molecule has 0 unspecified atom stereocenters. The fraction of sp³-hybridized carbons (Fsp3) is 0.312. The molecular formula is C16H15F3N4O3. The minimum atomic E-state index is -4.78. The molecule has 1 heterocycles. The van der Waals surface area contributed by atoms with Gasteiger partial charge in [0.25, 0.3) is 0 Å². The van der Waals surface area contributed by atoms with E-state index in [0.717, 1.165) is 18.5 Å². The maximum Gasteiger partial charge on any atom is 0.573 e. The molecule has 0 radical (unpaired) electrons. The number of carbonyl (C=O) groups is 1. The molecule has 26 heavy (non-hydrogen) atoms. The van der Waals surface area contributed by atoms with E-state index < -0.39 is 12.3 Å². The zero-order valence-electron chi connectivity index (χ0n) is 13.4. The number of hydrogen-bond acceptors (Lipinski definition) is 6. The van der Waals surface area contributed by atoms with Gasteiger partial charge in [-0.3, -0.25) is 4.79 Å². The fourth-order valence-electron chi connectivity index (χ4n) is 2.27. The van der Waals surface area contributed by atoms with Crippen LogP contribution < -0.4 is 15.4 Å². The van der Waals surface area contributed by atoms with Crippen molar-refractivity contribution in [3.05, 3.63) is 36.0 Å². The Labute approximate surface area is 146 Å². The van der Waals surface area contributed by atoms with Crippen molar-refractivity contribution in [3.63, 3.8) is 0 Å². The first kappa shape index (κ1) is 17.8. The van der Waals surface area contributed by atoms with Crippen molar-refractivity contribution in [2.75, 3.05) is 17.2 Å². The van der Waals surface area contributed by atoms with Crippen molar-refractivity contribution in [2.45, 2.75) is 25.1 Å². The lowest BCUT2D eigenvalue weighted by Crippen LogP contribution is -2.17. The summed E-state index contributed by atoms with van der Waals surface area (Å²) in [4.78, 5) is 19.1. The third-order valence-electron chi connectivity index (χ3n) is 3.48. The minimum absolute atomic E-state index is 0.141. The van der Waals surface area contributed by atoms with Gasteiger partial charge in [0.15, 0.2) is 0 Å². The summed E-state index contributed by atoms with van der Waals surface area (Å²) in [5.74, 6) is -0.648. The minimum Gasteiger partial charge on any atom is -0.480 e. The molecule has 0 saturated heterocycles. The van der Waals surface area contributed by atoms with Crippen LogP contribution in [0.4, 0.5) is 30.6 Å². The first-order valence-electron chi connectivity index (χ1n) is 7.76. The second-order valence-electron chi connectivity index (χ2n) is 5.72. The number of carboxylic acid groups (broad SMARTS) is 1.